The number of likely N-dealkylation sites (tertiary alicyclic amines) is 1. The number of carbonyl (C=O) groups excluding carboxylic acids is 1. The lowest BCUT2D eigenvalue weighted by Gasteiger charge is -2.33. The van der Waals surface area contributed by atoms with Crippen LogP contribution in [0.4, 0.5) is 0 Å². The summed E-state index contributed by atoms with van der Waals surface area (Å²) in [5, 5.41) is 2.94. The van der Waals surface area contributed by atoms with E-state index >= 15 is 0 Å². The van der Waals surface area contributed by atoms with Gasteiger partial charge in [-0.1, -0.05) is 51.5 Å². The van der Waals surface area contributed by atoms with Gasteiger partial charge in [0.2, 0.25) is 5.91 Å². The topological polar surface area (TPSA) is 58.4 Å². The number of hydrogen-bond donors (Lipinski definition) is 2. The average molecular weight is 404 g/mol. The van der Waals surface area contributed by atoms with E-state index in [0.717, 1.165) is 12.1 Å². The molecule has 1 heterocycles. The van der Waals surface area contributed by atoms with E-state index in [-0.39, 0.29) is 36.1 Å². The number of piperidine rings is 1. The van der Waals surface area contributed by atoms with Gasteiger partial charge in [0.05, 0.1) is 6.04 Å². The molecule has 150 valence electrons. The van der Waals surface area contributed by atoms with E-state index in [1.165, 1.54) is 31.4 Å². The molecule has 0 radical (unpaired) electrons. The number of halogens is 2. The lowest BCUT2D eigenvalue weighted by molar-refractivity contribution is -0.124. The fourth-order valence-corrected chi connectivity index (χ4v) is 3.08. The van der Waals surface area contributed by atoms with Crippen molar-refractivity contribution in [1.29, 1.82) is 0 Å². The number of carbonyl (C=O) groups is 1. The Hall–Kier alpha value is -0.810. The molecule has 2 atom stereocenters. The first-order chi connectivity index (χ1) is 11.3. The maximum absolute atomic E-state index is 12.1. The summed E-state index contributed by atoms with van der Waals surface area (Å²) in [7, 11) is 0. The van der Waals surface area contributed by atoms with Crippen molar-refractivity contribution < 1.29 is 4.79 Å². The summed E-state index contributed by atoms with van der Waals surface area (Å²) in [5.74, 6) is -0.0891. The highest BCUT2D eigenvalue weighted by Gasteiger charge is 2.27. The highest BCUT2D eigenvalue weighted by Crippen LogP contribution is 2.20. The zero-order valence-electron chi connectivity index (χ0n) is 16.5. The lowest BCUT2D eigenvalue weighted by atomic mass is 9.87. The van der Waals surface area contributed by atoms with Gasteiger partial charge in [-0.25, -0.2) is 0 Å². The van der Waals surface area contributed by atoms with Crippen molar-refractivity contribution >= 4 is 30.7 Å². The minimum Gasteiger partial charge on any atom is -0.351 e. The van der Waals surface area contributed by atoms with Crippen LogP contribution in [0.5, 0.6) is 0 Å². The van der Waals surface area contributed by atoms with Gasteiger partial charge in [-0.15, -0.1) is 24.8 Å². The molecule has 1 unspecified atom stereocenters. The molecule has 0 aromatic heterocycles. The number of rotatable bonds is 5. The average Bonchev–Trinajstić information content (AvgIpc) is 2.54. The molecule has 1 fully saturated rings. The number of nitrogens with zero attached hydrogens (tertiary/aromatic N) is 1. The van der Waals surface area contributed by atoms with Crippen LogP contribution in [-0.2, 0) is 17.9 Å². The highest BCUT2D eigenvalue weighted by atomic mass is 35.5. The summed E-state index contributed by atoms with van der Waals surface area (Å²) in [6.45, 7) is 11.0. The second-order valence-electron chi connectivity index (χ2n) is 8.19. The molecule has 1 aliphatic heterocycles. The minimum absolute atomic E-state index is 0. The van der Waals surface area contributed by atoms with E-state index in [0.29, 0.717) is 12.6 Å². The van der Waals surface area contributed by atoms with Gasteiger partial charge in [0.1, 0.15) is 0 Å². The van der Waals surface area contributed by atoms with Crippen LogP contribution in [0.2, 0.25) is 0 Å². The molecule has 26 heavy (non-hydrogen) atoms. The van der Waals surface area contributed by atoms with Crippen molar-refractivity contribution in [2.45, 2.75) is 72.1 Å². The van der Waals surface area contributed by atoms with E-state index in [2.05, 4.69) is 41.4 Å². The fraction of sp³-hybridized carbons (Fsp3) is 0.650. The van der Waals surface area contributed by atoms with Crippen LogP contribution in [0.1, 0.15) is 58.1 Å². The monoisotopic (exact) mass is 403 g/mol. The Bertz CT molecular complexity index is 543. The molecule has 0 bridgehead atoms. The smallest absolute Gasteiger partial charge is 0.237 e. The number of hydrogen-bond acceptors (Lipinski definition) is 3. The summed E-state index contributed by atoms with van der Waals surface area (Å²) in [4.78, 5) is 14.6. The van der Waals surface area contributed by atoms with Crippen LogP contribution >= 0.6 is 24.8 Å². The highest BCUT2D eigenvalue weighted by molar-refractivity contribution is 5.85. The maximum atomic E-state index is 12.1. The molecule has 0 aliphatic carbocycles. The van der Waals surface area contributed by atoms with Gasteiger partial charge in [-0.05, 0) is 42.9 Å². The molecule has 1 amide bonds. The van der Waals surface area contributed by atoms with Gasteiger partial charge in [0.25, 0.3) is 0 Å². The normalized spacial score (nSPS) is 19.0. The number of nitrogens with one attached hydrogen (secondary N) is 1. The predicted octanol–water partition coefficient (Wildman–Crippen LogP) is 3.89. The molecule has 1 aromatic rings. The number of benzene rings is 1. The zero-order chi connectivity index (χ0) is 17.7. The number of nitrogens with two attached hydrogens (primary N) is 1. The first-order valence-corrected chi connectivity index (χ1v) is 9.12. The molecule has 0 spiro atoms. The Morgan fingerprint density at radius 3 is 2.31 bits per heavy atom. The maximum Gasteiger partial charge on any atom is 0.237 e. The summed E-state index contributed by atoms with van der Waals surface area (Å²) < 4.78 is 0. The molecule has 1 saturated heterocycles. The fourth-order valence-electron chi connectivity index (χ4n) is 3.08. The molecule has 0 saturated carbocycles. The van der Waals surface area contributed by atoms with E-state index < -0.39 is 6.04 Å². The lowest BCUT2D eigenvalue weighted by Crippen LogP contribution is -2.48. The van der Waals surface area contributed by atoms with Crippen molar-refractivity contribution in [2.75, 3.05) is 6.54 Å². The van der Waals surface area contributed by atoms with Gasteiger partial charge < -0.3 is 11.1 Å². The van der Waals surface area contributed by atoms with Crippen LogP contribution in [0.15, 0.2) is 24.3 Å². The SMILES string of the molecule is CC1CCCCN1Cc1ccc(CNC(=O)[C@@H](N)C(C)(C)C)cc1.Cl.Cl. The first-order valence-electron chi connectivity index (χ1n) is 9.12. The summed E-state index contributed by atoms with van der Waals surface area (Å²) in [5.41, 5.74) is 8.21. The quantitative estimate of drug-likeness (QED) is 0.783. The number of amides is 1. The first kappa shape index (κ1) is 25.2. The van der Waals surface area contributed by atoms with E-state index in [1.807, 2.05) is 20.8 Å². The Balaban J connectivity index is 0.00000312. The van der Waals surface area contributed by atoms with Crippen molar-refractivity contribution in [3.63, 3.8) is 0 Å². The second kappa shape index (κ2) is 11.1. The summed E-state index contributed by atoms with van der Waals surface area (Å²) in [6, 6.07) is 8.74. The second-order valence-corrected chi connectivity index (χ2v) is 8.19. The zero-order valence-corrected chi connectivity index (χ0v) is 18.1. The molecule has 6 heteroatoms. The third kappa shape index (κ3) is 7.43. The van der Waals surface area contributed by atoms with Crippen LogP contribution in [0.3, 0.4) is 0 Å². The van der Waals surface area contributed by atoms with Crippen molar-refractivity contribution in [1.82, 2.24) is 10.2 Å². The van der Waals surface area contributed by atoms with Crippen molar-refractivity contribution in [3.05, 3.63) is 35.4 Å². The molecule has 3 N–H and O–H groups in total. The summed E-state index contributed by atoms with van der Waals surface area (Å²) in [6.07, 6.45) is 3.97. The molecule has 2 rings (SSSR count). The van der Waals surface area contributed by atoms with E-state index in [9.17, 15) is 4.79 Å². The Kier molecular flexibility index (Phi) is 10.8. The van der Waals surface area contributed by atoms with Gasteiger partial charge in [0.15, 0.2) is 0 Å². The Morgan fingerprint density at radius 1 is 1.19 bits per heavy atom. The third-order valence-corrected chi connectivity index (χ3v) is 5.03. The van der Waals surface area contributed by atoms with Gasteiger partial charge >= 0.3 is 0 Å². The van der Waals surface area contributed by atoms with Gasteiger partial charge in [-0.3, -0.25) is 9.69 Å². The third-order valence-electron chi connectivity index (χ3n) is 5.03. The van der Waals surface area contributed by atoms with E-state index in [1.54, 1.807) is 0 Å². The summed E-state index contributed by atoms with van der Waals surface area (Å²) >= 11 is 0. The Morgan fingerprint density at radius 2 is 1.77 bits per heavy atom. The predicted molar refractivity (Wildman–Crippen MR) is 114 cm³/mol. The molecular weight excluding hydrogens is 369 g/mol. The minimum atomic E-state index is -0.489. The van der Waals surface area contributed by atoms with Crippen LogP contribution in [-0.4, -0.2) is 29.4 Å². The van der Waals surface area contributed by atoms with E-state index in [4.69, 9.17) is 5.73 Å². The van der Waals surface area contributed by atoms with Crippen molar-refractivity contribution in [3.8, 4) is 0 Å². The standard InChI is InChI=1S/C20H33N3O.2ClH/c1-15-7-5-6-12-23(15)14-17-10-8-16(9-11-17)13-22-19(24)18(21)20(2,3)4;;/h8-11,15,18H,5-7,12-14,21H2,1-4H3,(H,22,24);2*1H/t15?,18-;;/m1../s1. The van der Waals surface area contributed by atoms with Gasteiger partial charge in [-0.2, -0.15) is 0 Å². The molecule has 1 aromatic carbocycles. The molecular formula is C20H35Cl2N3O. The van der Waals surface area contributed by atoms with Crippen molar-refractivity contribution in [2.24, 2.45) is 11.1 Å². The van der Waals surface area contributed by atoms with Crippen LogP contribution in [0, 0.1) is 5.41 Å². The molecule has 4 nitrogen and oxygen atoms in total. The largest absolute Gasteiger partial charge is 0.351 e. The Labute approximate surface area is 171 Å². The van der Waals surface area contributed by atoms with Gasteiger partial charge in [0, 0.05) is 19.1 Å². The van der Waals surface area contributed by atoms with Crippen LogP contribution in [0.25, 0.3) is 0 Å². The van der Waals surface area contributed by atoms with Crippen LogP contribution < -0.4 is 11.1 Å². The molecule has 1 aliphatic rings.